The molecule has 0 unspecified atom stereocenters. The Balaban J connectivity index is 1.64. The van der Waals surface area contributed by atoms with E-state index in [2.05, 4.69) is 26.9 Å². The number of hydrogen-bond acceptors (Lipinski definition) is 9. The molecule has 1 aromatic heterocycles. The average Bonchev–Trinajstić information content (AvgIpc) is 3.75. The first-order valence-electron chi connectivity index (χ1n) is 16.1. The van der Waals surface area contributed by atoms with Crippen LogP contribution < -0.4 is 20.1 Å². The van der Waals surface area contributed by atoms with Gasteiger partial charge < -0.3 is 25.0 Å². The lowest BCUT2D eigenvalue weighted by atomic mass is 9.85. The van der Waals surface area contributed by atoms with E-state index in [4.69, 9.17) is 21.1 Å². The number of rotatable bonds is 11. The van der Waals surface area contributed by atoms with E-state index in [0.29, 0.717) is 23.7 Å². The number of aromatic nitrogens is 1. The molecule has 3 N–H and O–H groups in total. The third-order valence-electron chi connectivity index (χ3n) is 8.26. The van der Waals surface area contributed by atoms with Gasteiger partial charge in [0.25, 0.3) is 5.91 Å². The Bertz CT molecular complexity index is 1730. The van der Waals surface area contributed by atoms with Crippen molar-refractivity contribution in [2.75, 3.05) is 6.54 Å². The van der Waals surface area contributed by atoms with Crippen LogP contribution in [0.5, 0.6) is 5.75 Å². The minimum absolute atomic E-state index is 0.0299. The SMILES string of the molecule is C=CC[C@@](C)(NC(=O)[C@@H]1C[C@@H](Oc2ccc3c(Cl)nccc3c2)CN1C(=O)[C@@H](NC(=O)OC(C)(C)C)C(C)(C)C)C(=O)NS(=O)(=O)C1CC1. The highest BCUT2D eigenvalue weighted by atomic mass is 35.5. The van der Waals surface area contributed by atoms with Gasteiger partial charge in [0.2, 0.25) is 21.8 Å². The van der Waals surface area contributed by atoms with Gasteiger partial charge in [0.05, 0.1) is 11.8 Å². The van der Waals surface area contributed by atoms with Crippen LogP contribution in [0.15, 0.2) is 43.1 Å². The number of carbonyl (C=O) groups is 4. The average molecular weight is 720 g/mol. The van der Waals surface area contributed by atoms with Crippen molar-refractivity contribution in [2.24, 2.45) is 5.41 Å². The molecule has 1 aromatic carbocycles. The van der Waals surface area contributed by atoms with Crippen LogP contribution in [0.4, 0.5) is 4.79 Å². The quantitative estimate of drug-likeness (QED) is 0.227. The van der Waals surface area contributed by atoms with Crippen LogP contribution >= 0.6 is 11.6 Å². The number of pyridine rings is 1. The molecule has 1 saturated carbocycles. The number of likely N-dealkylation sites (tertiary alicyclic amines) is 1. The molecule has 4 amide bonds. The maximum atomic E-state index is 14.3. The van der Waals surface area contributed by atoms with Crippen LogP contribution in [0, 0.1) is 5.41 Å². The van der Waals surface area contributed by atoms with Crippen molar-refractivity contribution in [1.82, 2.24) is 25.2 Å². The van der Waals surface area contributed by atoms with Crippen molar-refractivity contribution in [3.8, 4) is 5.75 Å². The second kappa shape index (κ2) is 14.1. The molecule has 0 bridgehead atoms. The van der Waals surface area contributed by atoms with Crippen LogP contribution in [-0.4, -0.2) is 83.2 Å². The summed E-state index contributed by atoms with van der Waals surface area (Å²) >= 11 is 6.23. The molecule has 268 valence electrons. The summed E-state index contributed by atoms with van der Waals surface area (Å²) in [6.07, 6.45) is 2.32. The second-order valence-electron chi connectivity index (χ2n) is 14.9. The number of nitrogens with one attached hydrogen (secondary N) is 3. The van der Waals surface area contributed by atoms with Crippen molar-refractivity contribution < 1.29 is 37.1 Å². The number of benzene rings is 1. The van der Waals surface area contributed by atoms with Crippen LogP contribution in [0.25, 0.3) is 10.8 Å². The van der Waals surface area contributed by atoms with Gasteiger partial charge in [0, 0.05) is 18.0 Å². The molecule has 1 aliphatic heterocycles. The molecule has 1 aliphatic carbocycles. The third-order valence-corrected chi connectivity index (χ3v) is 10.4. The zero-order valence-corrected chi connectivity index (χ0v) is 30.5. The molecule has 49 heavy (non-hydrogen) atoms. The van der Waals surface area contributed by atoms with Gasteiger partial charge in [-0.1, -0.05) is 38.4 Å². The fraction of sp³-hybridized carbons (Fsp3) is 0.559. The number of ether oxygens (including phenoxy) is 2. The zero-order valence-electron chi connectivity index (χ0n) is 29.0. The number of hydrogen-bond donors (Lipinski definition) is 3. The Labute approximate surface area is 292 Å². The first kappa shape index (κ1) is 37.9. The summed E-state index contributed by atoms with van der Waals surface area (Å²) in [5.74, 6) is -1.72. The lowest BCUT2D eigenvalue weighted by Gasteiger charge is -2.36. The number of carbonyl (C=O) groups excluding carboxylic acids is 4. The molecule has 2 heterocycles. The summed E-state index contributed by atoms with van der Waals surface area (Å²) in [6, 6.07) is 4.76. The van der Waals surface area contributed by atoms with E-state index >= 15 is 0 Å². The number of amides is 4. The van der Waals surface area contributed by atoms with Gasteiger partial charge in [-0.3, -0.25) is 19.1 Å². The standard InChI is InChI=1S/C34H46ClN5O8S/c1-9-15-34(8,30(43)39-49(45,46)23-11-12-23)38-28(41)25-18-22(47-21-10-13-24-20(17-21)14-16-36-27(24)35)19-40(25)29(42)26(32(2,3)4)37-31(44)48-33(5,6)7/h9-10,13-14,16-17,22-23,25-26H,1,11-12,15,18-19H2,2-8H3,(H,37,44)(H,38,41)(H,39,43)/t22-,25+,26-,34-/m1/s1. The van der Waals surface area contributed by atoms with Crippen LogP contribution in [0.1, 0.15) is 74.1 Å². The Kier molecular flexibility index (Phi) is 10.9. The van der Waals surface area contributed by atoms with Gasteiger partial charge in [-0.2, -0.15) is 0 Å². The fourth-order valence-corrected chi connectivity index (χ4v) is 7.18. The van der Waals surface area contributed by atoms with Crippen molar-refractivity contribution in [2.45, 2.75) is 109 Å². The van der Waals surface area contributed by atoms with Gasteiger partial charge in [0.1, 0.15) is 40.2 Å². The maximum absolute atomic E-state index is 14.3. The first-order chi connectivity index (χ1) is 22.6. The lowest BCUT2D eigenvalue weighted by molar-refractivity contribution is -0.143. The Morgan fingerprint density at radius 2 is 1.78 bits per heavy atom. The summed E-state index contributed by atoms with van der Waals surface area (Å²) in [5.41, 5.74) is -3.35. The maximum Gasteiger partial charge on any atom is 0.408 e. The predicted molar refractivity (Wildman–Crippen MR) is 185 cm³/mol. The monoisotopic (exact) mass is 719 g/mol. The van der Waals surface area contributed by atoms with Gasteiger partial charge in [0.15, 0.2) is 0 Å². The highest BCUT2D eigenvalue weighted by Gasteiger charge is 2.48. The molecule has 2 aliphatic rings. The normalized spacial score (nSPS) is 20.1. The summed E-state index contributed by atoms with van der Waals surface area (Å²) in [7, 11) is -3.91. The van der Waals surface area contributed by atoms with Crippen LogP contribution in [0.2, 0.25) is 5.15 Å². The number of alkyl carbamates (subject to hydrolysis) is 1. The second-order valence-corrected chi connectivity index (χ2v) is 17.2. The molecule has 0 radical (unpaired) electrons. The first-order valence-corrected chi connectivity index (χ1v) is 18.1. The van der Waals surface area contributed by atoms with E-state index < -0.39 is 73.8 Å². The highest BCUT2D eigenvalue weighted by Crippen LogP contribution is 2.32. The van der Waals surface area contributed by atoms with Gasteiger partial charge in [-0.15, -0.1) is 6.58 Å². The summed E-state index contributed by atoms with van der Waals surface area (Å²) in [5, 5.41) is 6.56. The van der Waals surface area contributed by atoms with E-state index in [1.54, 1.807) is 72.0 Å². The van der Waals surface area contributed by atoms with E-state index in [1.807, 2.05) is 0 Å². The number of sulfonamides is 1. The molecule has 13 nitrogen and oxygen atoms in total. The molecule has 0 spiro atoms. The summed E-state index contributed by atoms with van der Waals surface area (Å²) < 4.78 is 39.0. The van der Waals surface area contributed by atoms with E-state index in [0.717, 1.165) is 10.8 Å². The topological polar surface area (TPSA) is 173 Å². The molecular weight excluding hydrogens is 674 g/mol. The molecule has 4 rings (SSSR count). The third kappa shape index (κ3) is 9.41. The van der Waals surface area contributed by atoms with Gasteiger partial charge in [-0.25, -0.2) is 18.2 Å². The molecule has 1 saturated heterocycles. The predicted octanol–water partition coefficient (Wildman–Crippen LogP) is 4.24. The molecular formula is C34H46ClN5O8S. The highest BCUT2D eigenvalue weighted by molar-refractivity contribution is 7.91. The smallest absolute Gasteiger partial charge is 0.408 e. The minimum atomic E-state index is -3.91. The molecule has 2 aromatic rings. The number of halogens is 1. The molecule has 4 atom stereocenters. The summed E-state index contributed by atoms with van der Waals surface area (Å²) in [4.78, 5) is 60.1. The van der Waals surface area contributed by atoms with E-state index in [-0.39, 0.29) is 19.4 Å². The van der Waals surface area contributed by atoms with Crippen molar-refractivity contribution >= 4 is 56.2 Å². The number of fused-ring (bicyclic) bond motifs is 1. The van der Waals surface area contributed by atoms with Crippen LogP contribution in [-0.2, 0) is 29.1 Å². The Morgan fingerprint density at radius 3 is 2.37 bits per heavy atom. The minimum Gasteiger partial charge on any atom is -0.488 e. The van der Waals surface area contributed by atoms with Gasteiger partial charge in [-0.05, 0) is 82.0 Å². The molecule has 15 heteroatoms. The largest absolute Gasteiger partial charge is 0.488 e. The van der Waals surface area contributed by atoms with Crippen LogP contribution in [0.3, 0.4) is 0 Å². The fourth-order valence-electron chi connectivity index (χ4n) is 5.55. The van der Waals surface area contributed by atoms with Crippen molar-refractivity contribution in [3.63, 3.8) is 0 Å². The Morgan fingerprint density at radius 1 is 1.10 bits per heavy atom. The Hall–Kier alpha value is -3.91. The zero-order chi connectivity index (χ0) is 36.5. The van der Waals surface area contributed by atoms with Crippen molar-refractivity contribution in [1.29, 1.82) is 0 Å². The van der Waals surface area contributed by atoms with E-state index in [9.17, 15) is 27.6 Å². The van der Waals surface area contributed by atoms with E-state index in [1.165, 1.54) is 17.9 Å². The number of nitrogens with zero attached hydrogens (tertiary/aromatic N) is 2. The lowest BCUT2D eigenvalue weighted by Crippen LogP contribution is -2.62. The molecule has 2 fully saturated rings. The van der Waals surface area contributed by atoms with Gasteiger partial charge >= 0.3 is 6.09 Å². The summed E-state index contributed by atoms with van der Waals surface area (Å²) in [6.45, 7) is 15.5. The van der Waals surface area contributed by atoms with Crippen molar-refractivity contribution in [3.05, 3.63) is 48.3 Å².